The molecule has 132 valence electrons. The summed E-state index contributed by atoms with van der Waals surface area (Å²) in [7, 11) is -4.38. The monoisotopic (exact) mass is 372 g/mol. The predicted octanol–water partition coefficient (Wildman–Crippen LogP) is 2.10. The van der Waals surface area contributed by atoms with E-state index in [2.05, 4.69) is 15.0 Å². The van der Waals surface area contributed by atoms with Crippen LogP contribution in [-0.4, -0.2) is 29.3 Å². The molecule has 1 aromatic carbocycles. The fraction of sp³-hybridized carbons (Fsp3) is 0.0588. The fourth-order valence-electron chi connectivity index (χ4n) is 2.16. The van der Waals surface area contributed by atoms with Crippen LogP contribution in [0.15, 0.2) is 59.8 Å². The van der Waals surface area contributed by atoms with Crippen molar-refractivity contribution in [1.82, 2.24) is 19.7 Å². The van der Waals surface area contributed by atoms with Gasteiger partial charge in [-0.3, -0.25) is 9.78 Å². The third-order valence-electron chi connectivity index (χ3n) is 3.39. The van der Waals surface area contributed by atoms with Gasteiger partial charge in [0.25, 0.3) is 15.9 Å². The Hall–Kier alpha value is -3.20. The van der Waals surface area contributed by atoms with Gasteiger partial charge in [0.05, 0.1) is 0 Å². The van der Waals surface area contributed by atoms with Crippen LogP contribution in [0.3, 0.4) is 0 Å². The predicted molar refractivity (Wildman–Crippen MR) is 91.1 cm³/mol. The molecule has 0 spiro atoms. The van der Waals surface area contributed by atoms with E-state index in [9.17, 15) is 17.6 Å². The highest BCUT2D eigenvalue weighted by molar-refractivity contribution is 7.90. The summed E-state index contributed by atoms with van der Waals surface area (Å²) in [6.07, 6.45) is 2.85. The first kappa shape index (κ1) is 17.6. The molecule has 2 heterocycles. The zero-order valence-electron chi connectivity index (χ0n) is 13.5. The highest BCUT2D eigenvalue weighted by Crippen LogP contribution is 2.16. The van der Waals surface area contributed by atoms with Crippen LogP contribution < -0.4 is 4.72 Å². The summed E-state index contributed by atoms with van der Waals surface area (Å²) in [6.45, 7) is 1.62. The Morgan fingerprint density at radius 3 is 2.58 bits per heavy atom. The molecule has 1 N–H and O–H groups in total. The van der Waals surface area contributed by atoms with Crippen LogP contribution in [0.4, 0.5) is 4.39 Å². The second-order valence-corrected chi connectivity index (χ2v) is 7.00. The molecule has 0 aliphatic carbocycles. The number of rotatable bonds is 4. The lowest BCUT2D eigenvalue weighted by Gasteiger charge is -2.08. The van der Waals surface area contributed by atoms with Crippen molar-refractivity contribution in [2.45, 2.75) is 11.8 Å². The minimum atomic E-state index is -4.38. The molecule has 9 heteroatoms. The molecule has 0 fully saturated rings. The van der Waals surface area contributed by atoms with Gasteiger partial charge < -0.3 is 0 Å². The van der Waals surface area contributed by atoms with Gasteiger partial charge in [-0.05, 0) is 42.8 Å². The van der Waals surface area contributed by atoms with Crippen LogP contribution in [-0.2, 0) is 10.0 Å². The van der Waals surface area contributed by atoms with Gasteiger partial charge >= 0.3 is 0 Å². The summed E-state index contributed by atoms with van der Waals surface area (Å²) in [5, 5.41) is 0. The van der Waals surface area contributed by atoms with Crippen molar-refractivity contribution in [3.63, 3.8) is 0 Å². The summed E-state index contributed by atoms with van der Waals surface area (Å²) in [5.41, 5.74) is 0.801. The van der Waals surface area contributed by atoms with E-state index < -0.39 is 26.6 Å². The minimum absolute atomic E-state index is 0.164. The number of nitrogens with zero attached hydrogens (tertiary/aromatic N) is 3. The third kappa shape index (κ3) is 3.72. The number of aryl methyl sites for hydroxylation is 1. The van der Waals surface area contributed by atoms with Crippen molar-refractivity contribution in [3.8, 4) is 11.5 Å². The Balaban J connectivity index is 1.88. The highest BCUT2D eigenvalue weighted by atomic mass is 32.2. The molecule has 0 aliphatic rings. The molecule has 0 saturated carbocycles. The van der Waals surface area contributed by atoms with E-state index in [1.807, 2.05) is 4.72 Å². The summed E-state index contributed by atoms with van der Waals surface area (Å²) in [5.74, 6) is -1.77. The van der Waals surface area contributed by atoms with Crippen LogP contribution >= 0.6 is 0 Å². The SMILES string of the molecule is Cc1ccc(S(=O)(=O)NC(=O)c2ccnc(-c3ccccn3)n2)c(F)c1. The van der Waals surface area contributed by atoms with Gasteiger partial charge in [0.15, 0.2) is 5.82 Å². The minimum Gasteiger partial charge on any atom is -0.266 e. The van der Waals surface area contributed by atoms with Crippen LogP contribution in [0, 0.1) is 12.7 Å². The van der Waals surface area contributed by atoms with Crippen LogP contribution in [0.25, 0.3) is 11.5 Å². The average molecular weight is 372 g/mol. The van der Waals surface area contributed by atoms with Crippen molar-refractivity contribution in [2.75, 3.05) is 0 Å². The molecule has 26 heavy (non-hydrogen) atoms. The zero-order valence-corrected chi connectivity index (χ0v) is 14.4. The van der Waals surface area contributed by atoms with Gasteiger partial charge in [-0.25, -0.2) is 27.5 Å². The van der Waals surface area contributed by atoms with Gasteiger partial charge in [0, 0.05) is 12.4 Å². The molecule has 0 radical (unpaired) electrons. The lowest BCUT2D eigenvalue weighted by molar-refractivity contribution is 0.0976. The standard InChI is InChI=1S/C17H13FN4O3S/c1-11-5-6-15(12(18)10-11)26(24,25)22-17(23)14-7-9-20-16(21-14)13-4-2-3-8-19-13/h2-10H,1H3,(H,22,23). The second-order valence-electron chi connectivity index (χ2n) is 5.35. The van der Waals surface area contributed by atoms with E-state index in [0.717, 1.165) is 12.1 Å². The summed E-state index contributed by atoms with van der Waals surface area (Å²) >= 11 is 0. The van der Waals surface area contributed by atoms with Crippen LogP contribution in [0.1, 0.15) is 16.1 Å². The largest absolute Gasteiger partial charge is 0.283 e. The number of amides is 1. The Kier molecular flexibility index (Phi) is 4.72. The Bertz CT molecular complexity index is 1070. The molecule has 0 saturated heterocycles. The smallest absolute Gasteiger partial charge is 0.266 e. The number of carbonyl (C=O) groups excluding carboxylic acids is 1. The van der Waals surface area contributed by atoms with Crippen LogP contribution in [0.5, 0.6) is 0 Å². The third-order valence-corrected chi connectivity index (χ3v) is 4.75. The van der Waals surface area contributed by atoms with Gasteiger partial charge in [0.2, 0.25) is 0 Å². The van der Waals surface area contributed by atoms with Crippen molar-refractivity contribution >= 4 is 15.9 Å². The molecule has 0 atom stereocenters. The van der Waals surface area contributed by atoms with E-state index in [4.69, 9.17) is 0 Å². The molecule has 1 amide bonds. The zero-order chi connectivity index (χ0) is 18.7. The van der Waals surface area contributed by atoms with Gasteiger partial charge in [-0.15, -0.1) is 0 Å². The van der Waals surface area contributed by atoms with Crippen LogP contribution in [0.2, 0.25) is 0 Å². The number of sulfonamides is 1. The molecule has 2 aromatic heterocycles. The van der Waals surface area contributed by atoms with E-state index in [0.29, 0.717) is 11.3 Å². The summed E-state index contributed by atoms with van der Waals surface area (Å²) < 4.78 is 40.3. The van der Waals surface area contributed by atoms with Crippen molar-refractivity contribution in [2.24, 2.45) is 0 Å². The number of hydrogen-bond donors (Lipinski definition) is 1. The lowest BCUT2D eigenvalue weighted by atomic mass is 10.2. The normalized spacial score (nSPS) is 11.2. The Labute approximate surface area is 149 Å². The molecular weight excluding hydrogens is 359 g/mol. The number of carbonyl (C=O) groups is 1. The number of pyridine rings is 1. The van der Waals surface area contributed by atoms with Gasteiger partial charge in [0.1, 0.15) is 22.1 Å². The molecule has 0 bridgehead atoms. The van der Waals surface area contributed by atoms with Crippen molar-refractivity contribution in [1.29, 1.82) is 0 Å². The Morgan fingerprint density at radius 2 is 1.88 bits per heavy atom. The molecule has 0 unspecified atom stereocenters. The molecule has 7 nitrogen and oxygen atoms in total. The first-order chi connectivity index (χ1) is 12.4. The van der Waals surface area contributed by atoms with E-state index in [1.165, 1.54) is 24.5 Å². The second kappa shape index (κ2) is 6.96. The molecule has 0 aliphatic heterocycles. The van der Waals surface area contributed by atoms with E-state index in [-0.39, 0.29) is 11.5 Å². The number of halogens is 1. The van der Waals surface area contributed by atoms with E-state index in [1.54, 1.807) is 25.1 Å². The molecule has 3 rings (SSSR count). The Morgan fingerprint density at radius 1 is 1.08 bits per heavy atom. The fourth-order valence-corrected chi connectivity index (χ4v) is 3.18. The maximum Gasteiger partial charge on any atom is 0.283 e. The summed E-state index contributed by atoms with van der Waals surface area (Å²) in [6, 6.07) is 9.94. The first-order valence-electron chi connectivity index (χ1n) is 7.44. The van der Waals surface area contributed by atoms with Crippen molar-refractivity contribution in [3.05, 3.63) is 71.9 Å². The number of nitrogens with one attached hydrogen (secondary N) is 1. The maximum absolute atomic E-state index is 13.9. The highest BCUT2D eigenvalue weighted by Gasteiger charge is 2.23. The molecule has 3 aromatic rings. The maximum atomic E-state index is 13.9. The van der Waals surface area contributed by atoms with Crippen molar-refractivity contribution < 1.29 is 17.6 Å². The number of hydrogen-bond acceptors (Lipinski definition) is 6. The van der Waals surface area contributed by atoms with Gasteiger partial charge in [-0.2, -0.15) is 0 Å². The quantitative estimate of drug-likeness (QED) is 0.752. The summed E-state index contributed by atoms with van der Waals surface area (Å²) in [4.78, 5) is 23.7. The number of aromatic nitrogens is 3. The van der Waals surface area contributed by atoms with E-state index >= 15 is 0 Å². The first-order valence-corrected chi connectivity index (χ1v) is 8.93. The topological polar surface area (TPSA) is 102 Å². The lowest BCUT2D eigenvalue weighted by Crippen LogP contribution is -2.32. The average Bonchev–Trinajstić information content (AvgIpc) is 2.62. The number of benzene rings is 1. The van der Waals surface area contributed by atoms with Gasteiger partial charge in [-0.1, -0.05) is 12.1 Å². The molecular formula is C17H13FN4O3S.